The van der Waals surface area contributed by atoms with E-state index in [2.05, 4.69) is 11.9 Å². The Morgan fingerprint density at radius 3 is 2.55 bits per heavy atom. The number of halogens is 1. The largest absolute Gasteiger partial charge is 0.468 e. The lowest BCUT2D eigenvalue weighted by atomic mass is 9.70. The number of nitrogens with zero attached hydrogens (tertiary/aromatic N) is 1. The van der Waals surface area contributed by atoms with Crippen LogP contribution >= 0.6 is 0 Å². The zero-order valence-corrected chi connectivity index (χ0v) is 11.9. The van der Waals surface area contributed by atoms with E-state index >= 15 is 0 Å². The molecule has 2 fully saturated rings. The van der Waals surface area contributed by atoms with E-state index in [1.807, 2.05) is 6.07 Å². The Bertz CT molecular complexity index is 517. The lowest BCUT2D eigenvalue weighted by Crippen LogP contribution is -2.52. The monoisotopic (exact) mass is 277 g/mol. The van der Waals surface area contributed by atoms with Gasteiger partial charge in [0.15, 0.2) is 0 Å². The second kappa shape index (κ2) is 4.85. The molecule has 0 aliphatic carbocycles. The van der Waals surface area contributed by atoms with Crippen LogP contribution in [0.5, 0.6) is 0 Å². The van der Waals surface area contributed by atoms with E-state index in [9.17, 15) is 9.18 Å². The highest BCUT2D eigenvalue weighted by Crippen LogP contribution is 2.47. The Balaban J connectivity index is 2.05. The maximum Gasteiger partial charge on any atom is 0.316 e. The molecular formula is C16H20FNO2. The van der Waals surface area contributed by atoms with Crippen LogP contribution < -0.4 is 0 Å². The molecule has 3 rings (SSSR count). The highest BCUT2D eigenvalue weighted by molar-refractivity contribution is 5.83. The van der Waals surface area contributed by atoms with Crippen molar-refractivity contribution in [2.24, 2.45) is 0 Å². The van der Waals surface area contributed by atoms with Crippen molar-refractivity contribution in [3.05, 3.63) is 35.6 Å². The van der Waals surface area contributed by atoms with E-state index in [0.717, 1.165) is 31.2 Å². The van der Waals surface area contributed by atoms with E-state index in [0.29, 0.717) is 12.1 Å². The van der Waals surface area contributed by atoms with Gasteiger partial charge >= 0.3 is 5.97 Å². The molecule has 108 valence electrons. The molecule has 2 aliphatic rings. The highest BCUT2D eigenvalue weighted by Gasteiger charge is 2.52. The van der Waals surface area contributed by atoms with Gasteiger partial charge in [-0.1, -0.05) is 12.1 Å². The van der Waals surface area contributed by atoms with Crippen LogP contribution in [0.1, 0.15) is 31.2 Å². The van der Waals surface area contributed by atoms with Crippen LogP contribution in [0.2, 0.25) is 0 Å². The van der Waals surface area contributed by atoms with Crippen LogP contribution in [0.3, 0.4) is 0 Å². The van der Waals surface area contributed by atoms with Crippen molar-refractivity contribution in [2.75, 3.05) is 14.2 Å². The van der Waals surface area contributed by atoms with Crippen LogP contribution in [0.15, 0.2) is 24.3 Å². The fraction of sp³-hybridized carbons (Fsp3) is 0.562. The SMILES string of the molecule is COC(=O)C1(c2cccc(F)c2)CC2CCC(C1)N2C. The van der Waals surface area contributed by atoms with Crippen molar-refractivity contribution in [1.82, 2.24) is 4.90 Å². The van der Waals surface area contributed by atoms with Gasteiger partial charge in [-0.15, -0.1) is 0 Å². The molecule has 4 heteroatoms. The molecule has 2 aliphatic heterocycles. The molecule has 3 nitrogen and oxygen atoms in total. The average Bonchev–Trinajstić information content (AvgIpc) is 2.67. The average molecular weight is 277 g/mol. The van der Waals surface area contributed by atoms with Crippen molar-refractivity contribution < 1.29 is 13.9 Å². The zero-order valence-electron chi connectivity index (χ0n) is 11.9. The smallest absolute Gasteiger partial charge is 0.316 e. The first-order valence-electron chi connectivity index (χ1n) is 7.13. The second-order valence-electron chi connectivity index (χ2n) is 6.04. The van der Waals surface area contributed by atoms with Gasteiger partial charge < -0.3 is 9.64 Å². The van der Waals surface area contributed by atoms with Crippen molar-refractivity contribution in [3.8, 4) is 0 Å². The molecule has 0 aromatic heterocycles. The molecular weight excluding hydrogens is 257 g/mol. The Morgan fingerprint density at radius 2 is 2.00 bits per heavy atom. The van der Waals surface area contributed by atoms with Crippen molar-refractivity contribution in [2.45, 2.75) is 43.2 Å². The Labute approximate surface area is 118 Å². The van der Waals surface area contributed by atoms with Gasteiger partial charge in [0.25, 0.3) is 0 Å². The molecule has 2 atom stereocenters. The third kappa shape index (κ3) is 1.94. The van der Waals surface area contributed by atoms with E-state index in [-0.39, 0.29) is 11.8 Å². The summed E-state index contributed by atoms with van der Waals surface area (Å²) < 4.78 is 18.7. The predicted octanol–water partition coefficient (Wildman–Crippen LogP) is 2.49. The van der Waals surface area contributed by atoms with Crippen molar-refractivity contribution in [1.29, 1.82) is 0 Å². The van der Waals surface area contributed by atoms with Crippen LogP contribution in [-0.2, 0) is 14.9 Å². The first-order chi connectivity index (χ1) is 9.56. The number of rotatable bonds is 2. The molecule has 1 aromatic rings. The number of carbonyl (C=O) groups is 1. The minimum Gasteiger partial charge on any atom is -0.468 e. The van der Waals surface area contributed by atoms with Gasteiger partial charge in [0.05, 0.1) is 12.5 Å². The minimum absolute atomic E-state index is 0.229. The van der Waals surface area contributed by atoms with Gasteiger partial charge in [-0.05, 0) is 50.4 Å². The molecule has 1 aromatic carbocycles. The summed E-state index contributed by atoms with van der Waals surface area (Å²) in [5, 5.41) is 0. The Hall–Kier alpha value is -1.42. The molecule has 0 saturated carbocycles. The summed E-state index contributed by atoms with van der Waals surface area (Å²) >= 11 is 0. The van der Waals surface area contributed by atoms with E-state index < -0.39 is 5.41 Å². The number of ether oxygens (including phenoxy) is 1. The van der Waals surface area contributed by atoms with Crippen molar-refractivity contribution in [3.63, 3.8) is 0 Å². The normalized spacial score (nSPS) is 33.1. The topological polar surface area (TPSA) is 29.5 Å². The second-order valence-corrected chi connectivity index (χ2v) is 6.04. The first kappa shape index (κ1) is 13.6. The Morgan fingerprint density at radius 1 is 1.35 bits per heavy atom. The van der Waals surface area contributed by atoms with Gasteiger partial charge in [0.2, 0.25) is 0 Å². The maximum absolute atomic E-state index is 13.6. The van der Waals surface area contributed by atoms with Gasteiger partial charge in [0, 0.05) is 12.1 Å². The fourth-order valence-corrected chi connectivity index (χ4v) is 3.97. The van der Waals surface area contributed by atoms with Gasteiger partial charge in [-0.3, -0.25) is 4.79 Å². The summed E-state index contributed by atoms with van der Waals surface area (Å²) in [6.45, 7) is 0. The molecule has 2 heterocycles. The summed E-state index contributed by atoms with van der Waals surface area (Å²) in [6.07, 6.45) is 3.65. The molecule has 0 N–H and O–H groups in total. The number of benzene rings is 1. The summed E-state index contributed by atoms with van der Waals surface area (Å²) in [6, 6.07) is 7.20. The summed E-state index contributed by atoms with van der Waals surface area (Å²) in [4.78, 5) is 14.8. The number of hydrogen-bond acceptors (Lipinski definition) is 3. The van der Waals surface area contributed by atoms with E-state index in [1.54, 1.807) is 6.07 Å². The zero-order chi connectivity index (χ0) is 14.3. The summed E-state index contributed by atoms with van der Waals surface area (Å²) in [5.74, 6) is -0.523. The third-order valence-electron chi connectivity index (χ3n) is 5.11. The highest BCUT2D eigenvalue weighted by atomic mass is 19.1. The van der Waals surface area contributed by atoms with Gasteiger partial charge in [-0.2, -0.15) is 0 Å². The Kier molecular flexibility index (Phi) is 3.28. The molecule has 2 bridgehead atoms. The molecule has 0 radical (unpaired) electrons. The van der Waals surface area contributed by atoms with Crippen LogP contribution in [0, 0.1) is 5.82 Å². The predicted molar refractivity (Wildman–Crippen MR) is 73.9 cm³/mol. The number of hydrogen-bond donors (Lipinski definition) is 0. The summed E-state index contributed by atoms with van der Waals surface area (Å²) in [5.41, 5.74) is 0.0733. The number of methoxy groups -OCH3 is 1. The molecule has 20 heavy (non-hydrogen) atoms. The molecule has 2 saturated heterocycles. The third-order valence-corrected chi connectivity index (χ3v) is 5.11. The molecule has 2 unspecified atom stereocenters. The number of piperidine rings is 1. The van der Waals surface area contributed by atoms with Crippen molar-refractivity contribution >= 4 is 5.97 Å². The van der Waals surface area contributed by atoms with E-state index in [1.165, 1.54) is 19.2 Å². The lowest BCUT2D eigenvalue weighted by molar-refractivity contribution is -0.150. The summed E-state index contributed by atoms with van der Waals surface area (Å²) in [7, 11) is 3.54. The van der Waals surface area contributed by atoms with E-state index in [4.69, 9.17) is 4.74 Å². The molecule has 0 spiro atoms. The number of esters is 1. The lowest BCUT2D eigenvalue weighted by Gasteiger charge is -2.43. The van der Waals surface area contributed by atoms with Gasteiger partial charge in [0.1, 0.15) is 5.82 Å². The number of fused-ring (bicyclic) bond motifs is 2. The number of carbonyl (C=O) groups excluding carboxylic acids is 1. The quantitative estimate of drug-likeness (QED) is 0.778. The minimum atomic E-state index is -0.685. The maximum atomic E-state index is 13.6. The standard InChI is InChI=1S/C16H20FNO2/c1-18-13-6-7-14(18)10-16(9-13,15(19)20-2)11-4-3-5-12(17)8-11/h3-5,8,13-14H,6-7,9-10H2,1-2H3. The molecule has 0 amide bonds. The van der Waals surface area contributed by atoms with Crippen LogP contribution in [0.25, 0.3) is 0 Å². The van der Waals surface area contributed by atoms with Crippen LogP contribution in [0.4, 0.5) is 4.39 Å². The van der Waals surface area contributed by atoms with Gasteiger partial charge in [-0.25, -0.2) is 4.39 Å². The fourth-order valence-electron chi connectivity index (χ4n) is 3.97. The first-order valence-corrected chi connectivity index (χ1v) is 7.13. The van der Waals surface area contributed by atoms with Crippen LogP contribution in [-0.4, -0.2) is 37.1 Å².